The largest absolute Gasteiger partial charge is 0.354 e. The number of rotatable bonds is 7. The Bertz CT molecular complexity index is 927. The normalized spacial score (nSPS) is 16.7. The topological polar surface area (TPSA) is 35.6 Å². The summed E-state index contributed by atoms with van der Waals surface area (Å²) in [5, 5.41) is 7.83. The number of nitrogens with zero attached hydrogens (tertiary/aromatic N) is 2. The van der Waals surface area contributed by atoms with Crippen LogP contribution in [-0.2, 0) is 17.8 Å². The van der Waals surface area contributed by atoms with E-state index in [1.165, 1.54) is 21.2 Å². The standard InChI is InChI=1S/C24H29N3OS/c1-19(24(28)25-12-11-22-9-5-17-29-22)27-15-13-26(14-16-27)18-21-8-4-7-20-6-2-3-10-23(20)21/h2-10,17,19H,11-16,18H2,1H3,(H,25,28). The number of thiophene rings is 1. The van der Waals surface area contributed by atoms with Crippen molar-refractivity contribution in [3.05, 3.63) is 70.4 Å². The number of carbonyl (C=O) groups is 1. The quantitative estimate of drug-likeness (QED) is 0.648. The molecule has 1 amide bonds. The van der Waals surface area contributed by atoms with E-state index in [1.54, 1.807) is 11.3 Å². The van der Waals surface area contributed by atoms with Crippen molar-refractivity contribution in [3.8, 4) is 0 Å². The Balaban J connectivity index is 1.25. The first-order chi connectivity index (χ1) is 14.2. The molecule has 29 heavy (non-hydrogen) atoms. The number of fused-ring (bicyclic) bond motifs is 1. The molecule has 1 aliphatic rings. The van der Waals surface area contributed by atoms with E-state index < -0.39 is 0 Å². The first kappa shape index (κ1) is 20.1. The highest BCUT2D eigenvalue weighted by molar-refractivity contribution is 7.09. The number of nitrogens with one attached hydrogen (secondary N) is 1. The van der Waals surface area contributed by atoms with Crippen molar-refractivity contribution in [2.75, 3.05) is 32.7 Å². The van der Waals surface area contributed by atoms with Gasteiger partial charge in [0.05, 0.1) is 6.04 Å². The van der Waals surface area contributed by atoms with E-state index in [9.17, 15) is 4.79 Å². The molecule has 5 heteroatoms. The van der Waals surface area contributed by atoms with Crippen LogP contribution in [0.4, 0.5) is 0 Å². The van der Waals surface area contributed by atoms with Crippen molar-refractivity contribution in [1.29, 1.82) is 0 Å². The predicted octanol–water partition coefficient (Wildman–Crippen LogP) is 3.77. The van der Waals surface area contributed by atoms with Crippen LogP contribution in [-0.4, -0.2) is 54.5 Å². The molecule has 152 valence electrons. The van der Waals surface area contributed by atoms with Gasteiger partial charge in [-0.3, -0.25) is 14.6 Å². The monoisotopic (exact) mass is 407 g/mol. The number of hydrogen-bond acceptors (Lipinski definition) is 4. The number of benzene rings is 2. The Morgan fingerprint density at radius 2 is 1.83 bits per heavy atom. The second kappa shape index (κ2) is 9.53. The molecule has 1 N–H and O–H groups in total. The lowest BCUT2D eigenvalue weighted by atomic mass is 10.0. The van der Waals surface area contributed by atoms with Crippen LogP contribution in [0.1, 0.15) is 17.4 Å². The van der Waals surface area contributed by atoms with Crippen LogP contribution >= 0.6 is 11.3 Å². The van der Waals surface area contributed by atoms with Gasteiger partial charge in [0.1, 0.15) is 0 Å². The van der Waals surface area contributed by atoms with Gasteiger partial charge >= 0.3 is 0 Å². The average Bonchev–Trinajstić information content (AvgIpc) is 3.27. The number of hydrogen-bond donors (Lipinski definition) is 1. The van der Waals surface area contributed by atoms with Gasteiger partial charge in [0.15, 0.2) is 0 Å². The SMILES string of the molecule is CC(C(=O)NCCc1cccs1)N1CCN(Cc2cccc3ccccc23)CC1. The summed E-state index contributed by atoms with van der Waals surface area (Å²) < 4.78 is 0. The van der Waals surface area contributed by atoms with Crippen LogP contribution < -0.4 is 5.32 Å². The third-order valence-electron chi connectivity index (χ3n) is 5.86. The molecule has 4 rings (SSSR count). The van der Waals surface area contributed by atoms with Gasteiger partial charge < -0.3 is 5.32 Å². The molecule has 0 saturated carbocycles. The fourth-order valence-corrected chi connectivity index (χ4v) is 4.77. The Morgan fingerprint density at radius 1 is 1.03 bits per heavy atom. The fourth-order valence-electron chi connectivity index (χ4n) is 4.06. The first-order valence-electron chi connectivity index (χ1n) is 10.4. The summed E-state index contributed by atoms with van der Waals surface area (Å²) in [5.74, 6) is 0.143. The molecular weight excluding hydrogens is 378 g/mol. The first-order valence-corrected chi connectivity index (χ1v) is 11.3. The average molecular weight is 408 g/mol. The Kier molecular flexibility index (Phi) is 6.60. The summed E-state index contributed by atoms with van der Waals surface area (Å²) >= 11 is 1.75. The third kappa shape index (κ3) is 5.04. The Labute approximate surface area is 177 Å². The van der Waals surface area contributed by atoms with Crippen molar-refractivity contribution >= 4 is 28.0 Å². The van der Waals surface area contributed by atoms with Gasteiger partial charge in [0.2, 0.25) is 5.91 Å². The summed E-state index contributed by atoms with van der Waals surface area (Å²) in [5.41, 5.74) is 1.39. The number of amides is 1. The van der Waals surface area contributed by atoms with E-state index in [4.69, 9.17) is 0 Å². The smallest absolute Gasteiger partial charge is 0.237 e. The molecule has 1 unspecified atom stereocenters. The lowest BCUT2D eigenvalue weighted by Crippen LogP contribution is -2.53. The van der Waals surface area contributed by atoms with Crippen molar-refractivity contribution in [3.63, 3.8) is 0 Å². The van der Waals surface area contributed by atoms with Crippen LogP contribution in [0.25, 0.3) is 10.8 Å². The highest BCUT2D eigenvalue weighted by atomic mass is 32.1. The van der Waals surface area contributed by atoms with Gasteiger partial charge in [0, 0.05) is 44.1 Å². The summed E-state index contributed by atoms with van der Waals surface area (Å²) in [6, 6.07) is 19.3. The lowest BCUT2D eigenvalue weighted by molar-refractivity contribution is -0.126. The van der Waals surface area contributed by atoms with Crippen molar-refractivity contribution in [2.45, 2.75) is 25.9 Å². The molecule has 3 aromatic rings. The second-order valence-electron chi connectivity index (χ2n) is 7.75. The van der Waals surface area contributed by atoms with E-state index in [2.05, 4.69) is 75.1 Å². The summed E-state index contributed by atoms with van der Waals surface area (Å²) in [6.07, 6.45) is 0.912. The molecule has 1 aliphatic heterocycles. The maximum Gasteiger partial charge on any atom is 0.237 e. The molecule has 2 aromatic carbocycles. The zero-order chi connectivity index (χ0) is 20.1. The summed E-state index contributed by atoms with van der Waals surface area (Å²) in [7, 11) is 0. The fraction of sp³-hybridized carbons (Fsp3) is 0.375. The molecule has 2 heterocycles. The summed E-state index contributed by atoms with van der Waals surface area (Å²) in [4.78, 5) is 18.7. The molecule has 1 atom stereocenters. The third-order valence-corrected chi connectivity index (χ3v) is 6.79. The van der Waals surface area contributed by atoms with Crippen molar-refractivity contribution in [2.24, 2.45) is 0 Å². The van der Waals surface area contributed by atoms with E-state index in [0.29, 0.717) is 6.54 Å². The minimum atomic E-state index is -0.0713. The van der Waals surface area contributed by atoms with Gasteiger partial charge in [-0.25, -0.2) is 0 Å². The van der Waals surface area contributed by atoms with Crippen LogP contribution in [0.3, 0.4) is 0 Å². The van der Waals surface area contributed by atoms with Gasteiger partial charge in [-0.2, -0.15) is 0 Å². The minimum Gasteiger partial charge on any atom is -0.354 e. The molecule has 0 spiro atoms. The van der Waals surface area contributed by atoms with E-state index >= 15 is 0 Å². The molecule has 1 fully saturated rings. The van der Waals surface area contributed by atoms with Crippen LogP contribution in [0.2, 0.25) is 0 Å². The molecular formula is C24H29N3OS. The van der Waals surface area contributed by atoms with Crippen molar-refractivity contribution in [1.82, 2.24) is 15.1 Å². The molecule has 1 aromatic heterocycles. The van der Waals surface area contributed by atoms with E-state index in [1.807, 2.05) is 6.92 Å². The van der Waals surface area contributed by atoms with Crippen molar-refractivity contribution < 1.29 is 4.79 Å². The van der Waals surface area contributed by atoms with Gasteiger partial charge in [-0.05, 0) is 41.1 Å². The molecule has 1 saturated heterocycles. The Hall–Kier alpha value is -2.21. The highest BCUT2D eigenvalue weighted by Gasteiger charge is 2.25. The van der Waals surface area contributed by atoms with Gasteiger partial charge in [-0.15, -0.1) is 11.3 Å². The second-order valence-corrected chi connectivity index (χ2v) is 8.78. The zero-order valence-electron chi connectivity index (χ0n) is 17.0. The lowest BCUT2D eigenvalue weighted by Gasteiger charge is -2.37. The molecule has 4 nitrogen and oxygen atoms in total. The molecule has 0 radical (unpaired) electrons. The maximum absolute atomic E-state index is 12.5. The van der Waals surface area contributed by atoms with Crippen LogP contribution in [0, 0.1) is 0 Å². The predicted molar refractivity (Wildman–Crippen MR) is 121 cm³/mol. The van der Waals surface area contributed by atoms with Crippen LogP contribution in [0.15, 0.2) is 60.0 Å². The van der Waals surface area contributed by atoms with E-state index in [0.717, 1.165) is 39.1 Å². The molecule has 0 aliphatic carbocycles. The zero-order valence-corrected chi connectivity index (χ0v) is 17.8. The highest BCUT2D eigenvalue weighted by Crippen LogP contribution is 2.21. The maximum atomic E-state index is 12.5. The van der Waals surface area contributed by atoms with E-state index in [-0.39, 0.29) is 11.9 Å². The van der Waals surface area contributed by atoms with Gasteiger partial charge in [-0.1, -0.05) is 48.5 Å². The molecule has 0 bridgehead atoms. The summed E-state index contributed by atoms with van der Waals surface area (Å²) in [6.45, 7) is 7.57. The minimum absolute atomic E-state index is 0.0713. The number of carbonyl (C=O) groups excluding carboxylic acids is 1. The van der Waals surface area contributed by atoms with Gasteiger partial charge in [0.25, 0.3) is 0 Å². The Morgan fingerprint density at radius 3 is 2.62 bits per heavy atom. The van der Waals surface area contributed by atoms with Crippen LogP contribution in [0.5, 0.6) is 0 Å². The number of piperazine rings is 1.